The van der Waals surface area contributed by atoms with Crippen LogP contribution in [-0.4, -0.2) is 29.7 Å². The second-order valence-electron chi connectivity index (χ2n) is 4.77. The van der Waals surface area contributed by atoms with Crippen LogP contribution in [0.15, 0.2) is 29.3 Å². The van der Waals surface area contributed by atoms with E-state index >= 15 is 0 Å². The zero-order chi connectivity index (χ0) is 13.6. The van der Waals surface area contributed by atoms with Gasteiger partial charge in [0.2, 0.25) is 5.91 Å². The van der Waals surface area contributed by atoms with E-state index in [1.54, 1.807) is 24.1 Å². The molecule has 0 spiro atoms. The van der Waals surface area contributed by atoms with Gasteiger partial charge in [0, 0.05) is 38.2 Å². The Morgan fingerprint density at radius 2 is 2.00 bits per heavy atom. The summed E-state index contributed by atoms with van der Waals surface area (Å²) in [5.74, 6) is -0.0782. The number of methoxy groups -OCH3 is 1. The summed E-state index contributed by atoms with van der Waals surface area (Å²) in [6.45, 7) is 4.73. The topological polar surface area (TPSA) is 60.3 Å². The highest BCUT2D eigenvalue weighted by Crippen LogP contribution is 2.11. The van der Waals surface area contributed by atoms with Crippen molar-refractivity contribution in [3.63, 3.8) is 0 Å². The molecule has 0 aliphatic carbocycles. The van der Waals surface area contributed by atoms with Crippen molar-refractivity contribution in [2.75, 3.05) is 13.7 Å². The molecule has 0 saturated carbocycles. The molecule has 1 aromatic rings. The Morgan fingerprint density at radius 1 is 1.39 bits per heavy atom. The number of hydrogen-bond acceptors (Lipinski definition) is 3. The van der Waals surface area contributed by atoms with E-state index in [1.807, 2.05) is 13.8 Å². The monoisotopic (exact) mass is 252 g/mol. The molecule has 0 bridgehead atoms. The standard InChI is InChI=1S/C13H20N2O3/c1-13(2,18-3)6-7-14-12(17)10-15-8-4-11(16)5-9-15/h4-5,8-9H,6-7,10H2,1-3H3,(H,14,17). The average Bonchev–Trinajstić information content (AvgIpc) is 2.32. The predicted octanol–water partition coefficient (Wildman–Crippen LogP) is 0.780. The van der Waals surface area contributed by atoms with Crippen LogP contribution in [0.4, 0.5) is 0 Å². The molecule has 0 saturated heterocycles. The van der Waals surface area contributed by atoms with Crippen LogP contribution in [0.1, 0.15) is 20.3 Å². The first-order chi connectivity index (χ1) is 8.43. The molecule has 18 heavy (non-hydrogen) atoms. The number of pyridine rings is 1. The maximum atomic E-state index is 11.6. The summed E-state index contributed by atoms with van der Waals surface area (Å²) in [5, 5.41) is 2.82. The third kappa shape index (κ3) is 5.14. The normalized spacial score (nSPS) is 11.3. The van der Waals surface area contributed by atoms with E-state index in [0.29, 0.717) is 6.54 Å². The summed E-state index contributed by atoms with van der Waals surface area (Å²) in [7, 11) is 1.65. The number of aromatic nitrogens is 1. The Labute approximate surface area is 107 Å². The number of rotatable bonds is 6. The minimum absolute atomic E-state index is 0.0616. The zero-order valence-electron chi connectivity index (χ0n) is 11.1. The van der Waals surface area contributed by atoms with E-state index < -0.39 is 0 Å². The van der Waals surface area contributed by atoms with Crippen molar-refractivity contribution in [3.8, 4) is 0 Å². The molecular formula is C13H20N2O3. The second-order valence-corrected chi connectivity index (χ2v) is 4.77. The van der Waals surface area contributed by atoms with Gasteiger partial charge in [0.05, 0.1) is 5.60 Å². The van der Waals surface area contributed by atoms with Crippen LogP contribution in [0.25, 0.3) is 0 Å². The maximum absolute atomic E-state index is 11.6. The zero-order valence-corrected chi connectivity index (χ0v) is 11.1. The highest BCUT2D eigenvalue weighted by atomic mass is 16.5. The summed E-state index contributed by atoms with van der Waals surface area (Å²) in [4.78, 5) is 22.5. The average molecular weight is 252 g/mol. The molecule has 0 aromatic carbocycles. The predicted molar refractivity (Wildman–Crippen MR) is 69.4 cm³/mol. The van der Waals surface area contributed by atoms with Gasteiger partial charge in [-0.2, -0.15) is 0 Å². The van der Waals surface area contributed by atoms with E-state index in [4.69, 9.17) is 4.74 Å². The lowest BCUT2D eigenvalue weighted by Gasteiger charge is -2.22. The van der Waals surface area contributed by atoms with E-state index in [-0.39, 0.29) is 23.5 Å². The Hall–Kier alpha value is -1.62. The van der Waals surface area contributed by atoms with Crippen molar-refractivity contribution >= 4 is 5.91 Å². The summed E-state index contributed by atoms with van der Waals surface area (Å²) in [6, 6.07) is 2.86. The number of nitrogens with zero attached hydrogens (tertiary/aromatic N) is 1. The van der Waals surface area contributed by atoms with Crippen LogP contribution in [0, 0.1) is 0 Å². The van der Waals surface area contributed by atoms with Crippen LogP contribution < -0.4 is 10.7 Å². The van der Waals surface area contributed by atoms with Gasteiger partial charge in [0.15, 0.2) is 5.43 Å². The van der Waals surface area contributed by atoms with Crippen molar-refractivity contribution in [3.05, 3.63) is 34.7 Å². The van der Waals surface area contributed by atoms with Crippen LogP contribution in [0.5, 0.6) is 0 Å². The molecule has 1 aromatic heterocycles. The van der Waals surface area contributed by atoms with Gasteiger partial charge in [-0.25, -0.2) is 0 Å². The first-order valence-corrected chi connectivity index (χ1v) is 5.91. The van der Waals surface area contributed by atoms with E-state index in [9.17, 15) is 9.59 Å². The van der Waals surface area contributed by atoms with Gasteiger partial charge < -0.3 is 14.6 Å². The molecule has 1 heterocycles. The van der Waals surface area contributed by atoms with Gasteiger partial charge in [-0.05, 0) is 20.3 Å². The number of nitrogens with one attached hydrogen (secondary N) is 1. The van der Waals surface area contributed by atoms with E-state index in [0.717, 1.165) is 6.42 Å². The number of hydrogen-bond donors (Lipinski definition) is 1. The Bertz CT molecular complexity index is 431. The fraction of sp³-hybridized carbons (Fsp3) is 0.538. The van der Waals surface area contributed by atoms with Gasteiger partial charge in [0.1, 0.15) is 6.54 Å². The summed E-state index contributed by atoms with van der Waals surface area (Å²) >= 11 is 0. The molecule has 100 valence electrons. The van der Waals surface area contributed by atoms with Crippen LogP contribution >= 0.6 is 0 Å². The Balaban J connectivity index is 2.34. The summed E-state index contributed by atoms with van der Waals surface area (Å²) in [6.07, 6.45) is 3.95. The largest absolute Gasteiger partial charge is 0.379 e. The third-order valence-corrected chi connectivity index (χ3v) is 2.79. The molecule has 1 amide bonds. The van der Waals surface area contributed by atoms with Crippen molar-refractivity contribution in [2.24, 2.45) is 0 Å². The molecule has 1 rings (SSSR count). The minimum Gasteiger partial charge on any atom is -0.379 e. The molecule has 0 atom stereocenters. The quantitative estimate of drug-likeness (QED) is 0.814. The van der Waals surface area contributed by atoms with Crippen molar-refractivity contribution in [1.29, 1.82) is 0 Å². The Kier molecular flexibility index (Phi) is 5.09. The third-order valence-electron chi connectivity index (χ3n) is 2.79. The van der Waals surface area contributed by atoms with E-state index in [1.165, 1.54) is 12.1 Å². The Morgan fingerprint density at radius 3 is 2.56 bits per heavy atom. The lowest BCUT2D eigenvalue weighted by Crippen LogP contribution is -2.33. The molecule has 0 radical (unpaired) electrons. The molecule has 0 unspecified atom stereocenters. The number of carbonyl (C=O) groups is 1. The van der Waals surface area contributed by atoms with Gasteiger partial charge >= 0.3 is 0 Å². The van der Waals surface area contributed by atoms with Gasteiger partial charge in [-0.3, -0.25) is 9.59 Å². The summed E-state index contributed by atoms with van der Waals surface area (Å²) < 4.78 is 6.92. The summed E-state index contributed by atoms with van der Waals surface area (Å²) in [5.41, 5.74) is -0.293. The molecule has 0 aliphatic rings. The minimum atomic E-state index is -0.232. The lowest BCUT2D eigenvalue weighted by atomic mass is 10.1. The van der Waals surface area contributed by atoms with Gasteiger partial charge in [-0.1, -0.05) is 0 Å². The molecule has 5 heteroatoms. The van der Waals surface area contributed by atoms with E-state index in [2.05, 4.69) is 5.32 Å². The molecule has 1 N–H and O–H groups in total. The van der Waals surface area contributed by atoms with Crippen LogP contribution in [0.3, 0.4) is 0 Å². The SMILES string of the molecule is COC(C)(C)CCNC(=O)Cn1ccc(=O)cc1. The van der Waals surface area contributed by atoms with Crippen molar-refractivity contribution < 1.29 is 9.53 Å². The van der Waals surface area contributed by atoms with Crippen molar-refractivity contribution in [1.82, 2.24) is 9.88 Å². The molecule has 0 fully saturated rings. The lowest BCUT2D eigenvalue weighted by molar-refractivity contribution is -0.121. The number of amides is 1. The highest BCUT2D eigenvalue weighted by Gasteiger charge is 2.15. The molecule has 5 nitrogen and oxygen atoms in total. The molecule has 0 aliphatic heterocycles. The maximum Gasteiger partial charge on any atom is 0.239 e. The van der Waals surface area contributed by atoms with Crippen LogP contribution in [0.2, 0.25) is 0 Å². The van der Waals surface area contributed by atoms with Gasteiger partial charge in [-0.15, -0.1) is 0 Å². The number of ether oxygens (including phenoxy) is 1. The first kappa shape index (κ1) is 14.4. The fourth-order valence-electron chi connectivity index (χ4n) is 1.38. The smallest absolute Gasteiger partial charge is 0.239 e. The van der Waals surface area contributed by atoms with Crippen molar-refractivity contribution in [2.45, 2.75) is 32.4 Å². The number of carbonyl (C=O) groups excluding carboxylic acids is 1. The molecular weight excluding hydrogens is 232 g/mol. The fourth-order valence-corrected chi connectivity index (χ4v) is 1.38. The second kappa shape index (κ2) is 6.35. The highest BCUT2D eigenvalue weighted by molar-refractivity contribution is 5.75. The van der Waals surface area contributed by atoms with Gasteiger partial charge in [0.25, 0.3) is 0 Å². The first-order valence-electron chi connectivity index (χ1n) is 5.91. The van der Waals surface area contributed by atoms with Crippen LogP contribution in [-0.2, 0) is 16.1 Å².